The Bertz CT molecular complexity index is 1130. The smallest absolute Gasteiger partial charge is 0.234 e. The van der Waals surface area contributed by atoms with Gasteiger partial charge in [0, 0.05) is 11.4 Å². The summed E-state index contributed by atoms with van der Waals surface area (Å²) in [7, 11) is 0. The molecule has 0 saturated heterocycles. The molecule has 0 fully saturated rings. The molecule has 4 rings (SSSR count). The van der Waals surface area contributed by atoms with Gasteiger partial charge in [0.2, 0.25) is 5.91 Å². The lowest BCUT2D eigenvalue weighted by atomic mass is 10.1. The standard InChI is InChI=1S/C23H22N4O2S/c1-3-17-9-11-18(12-10-17)24-21(28)15-30-23-26-25-22(20-13-14-29-16(20)2)27(23)19-7-5-4-6-8-19/h4-14H,3,15H2,1-2H3,(H,24,28). The molecule has 0 aliphatic rings. The molecule has 7 heteroatoms. The van der Waals surface area contributed by atoms with E-state index in [4.69, 9.17) is 4.42 Å². The minimum absolute atomic E-state index is 0.0899. The molecule has 2 aromatic carbocycles. The number of carbonyl (C=O) groups is 1. The monoisotopic (exact) mass is 418 g/mol. The fourth-order valence-corrected chi connectivity index (χ4v) is 3.87. The van der Waals surface area contributed by atoms with Gasteiger partial charge >= 0.3 is 0 Å². The maximum absolute atomic E-state index is 12.5. The van der Waals surface area contributed by atoms with Crippen molar-refractivity contribution in [3.63, 3.8) is 0 Å². The molecule has 2 aromatic heterocycles. The number of aromatic nitrogens is 3. The van der Waals surface area contributed by atoms with Crippen LogP contribution < -0.4 is 5.32 Å². The van der Waals surface area contributed by atoms with Crippen molar-refractivity contribution in [1.29, 1.82) is 0 Å². The molecular formula is C23H22N4O2S. The molecule has 1 N–H and O–H groups in total. The summed E-state index contributed by atoms with van der Waals surface area (Å²) in [4.78, 5) is 12.5. The number of carbonyl (C=O) groups excluding carboxylic acids is 1. The Morgan fingerprint density at radius 1 is 1.07 bits per heavy atom. The number of para-hydroxylation sites is 1. The summed E-state index contributed by atoms with van der Waals surface area (Å²) in [6.45, 7) is 4.00. The van der Waals surface area contributed by atoms with E-state index in [1.54, 1.807) is 6.26 Å². The number of aryl methyl sites for hydroxylation is 2. The van der Waals surface area contributed by atoms with Gasteiger partial charge in [-0.3, -0.25) is 9.36 Å². The number of benzene rings is 2. The van der Waals surface area contributed by atoms with Gasteiger partial charge in [-0.15, -0.1) is 10.2 Å². The van der Waals surface area contributed by atoms with E-state index in [1.165, 1.54) is 17.3 Å². The van der Waals surface area contributed by atoms with Crippen LogP contribution in [0.3, 0.4) is 0 Å². The Kier molecular flexibility index (Phi) is 5.99. The molecule has 0 unspecified atom stereocenters. The largest absolute Gasteiger partial charge is 0.469 e. The van der Waals surface area contributed by atoms with Crippen molar-refractivity contribution < 1.29 is 9.21 Å². The zero-order valence-corrected chi connectivity index (χ0v) is 17.6. The molecule has 0 bridgehead atoms. The topological polar surface area (TPSA) is 73.0 Å². The number of hydrogen-bond donors (Lipinski definition) is 1. The van der Waals surface area contributed by atoms with Crippen LogP contribution in [0.5, 0.6) is 0 Å². The molecule has 0 saturated carbocycles. The highest BCUT2D eigenvalue weighted by Crippen LogP contribution is 2.30. The van der Waals surface area contributed by atoms with E-state index in [0.717, 1.165) is 29.1 Å². The van der Waals surface area contributed by atoms with Crippen LogP contribution in [0, 0.1) is 6.92 Å². The van der Waals surface area contributed by atoms with E-state index < -0.39 is 0 Å². The minimum atomic E-state index is -0.0899. The van der Waals surface area contributed by atoms with Crippen molar-refractivity contribution in [1.82, 2.24) is 14.8 Å². The fourth-order valence-electron chi connectivity index (χ4n) is 3.12. The summed E-state index contributed by atoms with van der Waals surface area (Å²) in [5.74, 6) is 1.59. The Morgan fingerprint density at radius 3 is 2.50 bits per heavy atom. The molecule has 2 heterocycles. The quantitative estimate of drug-likeness (QED) is 0.421. The molecule has 0 aliphatic carbocycles. The lowest BCUT2D eigenvalue weighted by Crippen LogP contribution is -2.14. The summed E-state index contributed by atoms with van der Waals surface area (Å²) in [6.07, 6.45) is 2.61. The molecule has 152 valence electrons. The molecule has 4 aromatic rings. The second-order valence-corrected chi connectivity index (χ2v) is 7.70. The van der Waals surface area contributed by atoms with Gasteiger partial charge in [0.25, 0.3) is 0 Å². The van der Waals surface area contributed by atoms with Crippen molar-refractivity contribution in [2.45, 2.75) is 25.4 Å². The number of thioether (sulfide) groups is 1. The van der Waals surface area contributed by atoms with Gasteiger partial charge in [-0.2, -0.15) is 0 Å². The maximum atomic E-state index is 12.5. The summed E-state index contributed by atoms with van der Waals surface area (Å²) >= 11 is 1.35. The third kappa shape index (κ3) is 4.31. The van der Waals surface area contributed by atoms with E-state index in [-0.39, 0.29) is 11.7 Å². The number of hydrogen-bond acceptors (Lipinski definition) is 5. The van der Waals surface area contributed by atoms with Crippen molar-refractivity contribution in [3.8, 4) is 17.1 Å². The zero-order valence-electron chi connectivity index (χ0n) is 16.8. The highest BCUT2D eigenvalue weighted by atomic mass is 32.2. The van der Waals surface area contributed by atoms with Crippen LogP contribution in [0.1, 0.15) is 18.2 Å². The lowest BCUT2D eigenvalue weighted by Gasteiger charge is -2.10. The summed E-state index contributed by atoms with van der Waals surface area (Å²) in [5, 5.41) is 12.3. The number of amides is 1. The van der Waals surface area contributed by atoms with Crippen LogP contribution >= 0.6 is 11.8 Å². The van der Waals surface area contributed by atoms with Crippen LogP contribution in [0.15, 0.2) is 76.5 Å². The fraction of sp³-hybridized carbons (Fsp3) is 0.174. The van der Waals surface area contributed by atoms with E-state index in [0.29, 0.717) is 11.0 Å². The molecule has 0 spiro atoms. The van der Waals surface area contributed by atoms with Crippen LogP contribution in [-0.2, 0) is 11.2 Å². The predicted molar refractivity (Wildman–Crippen MR) is 119 cm³/mol. The predicted octanol–water partition coefficient (Wildman–Crippen LogP) is 5.13. The van der Waals surface area contributed by atoms with E-state index >= 15 is 0 Å². The second-order valence-electron chi connectivity index (χ2n) is 6.75. The van der Waals surface area contributed by atoms with E-state index in [1.807, 2.05) is 72.2 Å². The van der Waals surface area contributed by atoms with Crippen molar-refractivity contribution >= 4 is 23.4 Å². The van der Waals surface area contributed by atoms with Gasteiger partial charge < -0.3 is 9.73 Å². The number of anilines is 1. The lowest BCUT2D eigenvalue weighted by molar-refractivity contribution is -0.113. The molecular weight excluding hydrogens is 396 g/mol. The Hall–Kier alpha value is -3.32. The first-order valence-electron chi connectivity index (χ1n) is 9.72. The van der Waals surface area contributed by atoms with Crippen molar-refractivity contribution in [2.24, 2.45) is 0 Å². The Morgan fingerprint density at radius 2 is 1.83 bits per heavy atom. The first-order chi connectivity index (χ1) is 14.7. The molecule has 30 heavy (non-hydrogen) atoms. The molecule has 1 amide bonds. The first-order valence-corrected chi connectivity index (χ1v) is 10.7. The summed E-state index contributed by atoms with van der Waals surface area (Å²) in [6, 6.07) is 19.6. The van der Waals surface area contributed by atoms with Crippen LogP contribution in [-0.4, -0.2) is 26.4 Å². The Labute approximate surface area is 179 Å². The van der Waals surface area contributed by atoms with E-state index in [2.05, 4.69) is 22.4 Å². The first kappa shape index (κ1) is 20.0. The number of nitrogens with zero attached hydrogens (tertiary/aromatic N) is 3. The zero-order chi connectivity index (χ0) is 20.9. The maximum Gasteiger partial charge on any atom is 0.234 e. The van der Waals surface area contributed by atoms with Gasteiger partial charge in [-0.05, 0) is 49.2 Å². The van der Waals surface area contributed by atoms with Crippen LogP contribution in [0.25, 0.3) is 17.1 Å². The highest BCUT2D eigenvalue weighted by Gasteiger charge is 2.19. The summed E-state index contributed by atoms with van der Waals surface area (Å²) < 4.78 is 7.40. The average molecular weight is 419 g/mol. The molecule has 6 nitrogen and oxygen atoms in total. The van der Waals surface area contributed by atoms with Gasteiger partial charge in [-0.1, -0.05) is 49.0 Å². The van der Waals surface area contributed by atoms with Gasteiger partial charge in [0.15, 0.2) is 11.0 Å². The Balaban J connectivity index is 1.54. The van der Waals surface area contributed by atoms with Gasteiger partial charge in [0.1, 0.15) is 5.76 Å². The van der Waals surface area contributed by atoms with E-state index in [9.17, 15) is 4.79 Å². The SMILES string of the molecule is CCc1ccc(NC(=O)CSc2nnc(-c3ccoc3C)n2-c2ccccc2)cc1. The third-order valence-corrected chi connectivity index (χ3v) is 5.65. The number of furan rings is 1. The molecule has 0 atom stereocenters. The van der Waals surface area contributed by atoms with Gasteiger partial charge in [-0.25, -0.2) is 0 Å². The highest BCUT2D eigenvalue weighted by molar-refractivity contribution is 7.99. The number of rotatable bonds is 7. The van der Waals surface area contributed by atoms with Crippen LogP contribution in [0.2, 0.25) is 0 Å². The van der Waals surface area contributed by atoms with Gasteiger partial charge in [0.05, 0.1) is 17.6 Å². The second kappa shape index (κ2) is 9.00. The van der Waals surface area contributed by atoms with Crippen LogP contribution in [0.4, 0.5) is 5.69 Å². The minimum Gasteiger partial charge on any atom is -0.469 e. The van der Waals surface area contributed by atoms with Crippen molar-refractivity contribution in [3.05, 3.63) is 78.3 Å². The van der Waals surface area contributed by atoms with Crippen molar-refractivity contribution in [2.75, 3.05) is 11.1 Å². The molecule has 0 radical (unpaired) electrons. The average Bonchev–Trinajstić information content (AvgIpc) is 3.39. The normalized spacial score (nSPS) is 10.9. The molecule has 0 aliphatic heterocycles. The number of nitrogens with one attached hydrogen (secondary N) is 1. The third-order valence-electron chi connectivity index (χ3n) is 4.73. The summed E-state index contributed by atoms with van der Waals surface area (Å²) in [5.41, 5.74) is 3.83.